The van der Waals surface area contributed by atoms with Crippen LogP contribution in [0.15, 0.2) is 53.2 Å². The number of carbonyl (C=O) groups is 1. The molecule has 0 unspecified atom stereocenters. The van der Waals surface area contributed by atoms with E-state index in [1.807, 2.05) is 61.5 Å². The minimum absolute atomic E-state index is 0.227. The maximum Gasteiger partial charge on any atom is 0.363 e. The average molecular weight is 379 g/mol. The summed E-state index contributed by atoms with van der Waals surface area (Å²) >= 11 is 1.42. The fourth-order valence-electron chi connectivity index (χ4n) is 2.71. The van der Waals surface area contributed by atoms with Gasteiger partial charge in [-0.3, -0.25) is 0 Å². The molecule has 3 aromatic rings. The summed E-state index contributed by atoms with van der Waals surface area (Å²) in [7, 11) is 5.34. The molecule has 6 nitrogen and oxygen atoms in total. The molecule has 0 atom stereocenters. The maximum atomic E-state index is 12.3. The van der Waals surface area contributed by atoms with Gasteiger partial charge in [0.1, 0.15) is 0 Å². The van der Waals surface area contributed by atoms with Gasteiger partial charge in [-0.05, 0) is 29.0 Å². The van der Waals surface area contributed by atoms with Gasteiger partial charge in [0.2, 0.25) is 11.8 Å². The van der Waals surface area contributed by atoms with Crippen LogP contribution in [0.25, 0.3) is 16.8 Å². The van der Waals surface area contributed by atoms with Crippen LogP contribution in [0.2, 0.25) is 0 Å². The third kappa shape index (κ3) is 3.29. The second-order valence-corrected chi connectivity index (χ2v) is 7.17. The zero-order valence-electron chi connectivity index (χ0n) is 15.1. The van der Waals surface area contributed by atoms with E-state index < -0.39 is 5.97 Å². The number of cyclic esters (lactones) is 1. The summed E-state index contributed by atoms with van der Waals surface area (Å²) in [5.41, 5.74) is 0.987. The Morgan fingerprint density at radius 2 is 1.93 bits per heavy atom. The van der Waals surface area contributed by atoms with Crippen molar-refractivity contribution < 1.29 is 14.3 Å². The number of hydrogen-bond acceptors (Lipinski definition) is 7. The fraction of sp³-hybridized carbons (Fsp3) is 0.150. The van der Waals surface area contributed by atoms with E-state index in [2.05, 4.69) is 9.98 Å². The van der Waals surface area contributed by atoms with Gasteiger partial charge in [-0.25, -0.2) is 9.79 Å². The SMILES string of the molecule is COc1nc(N(C)C)sc1/C=C1/N=C(c2ccc3ccccc3c2)OC1=O. The molecule has 0 radical (unpaired) electrons. The molecule has 2 heterocycles. The molecule has 1 aliphatic heterocycles. The van der Waals surface area contributed by atoms with Gasteiger partial charge in [0.25, 0.3) is 0 Å². The van der Waals surface area contributed by atoms with Crippen molar-refractivity contribution in [2.45, 2.75) is 0 Å². The minimum atomic E-state index is -0.486. The molecule has 1 aliphatic rings. The van der Waals surface area contributed by atoms with Crippen LogP contribution in [0.5, 0.6) is 5.88 Å². The van der Waals surface area contributed by atoms with E-state index >= 15 is 0 Å². The van der Waals surface area contributed by atoms with Crippen LogP contribution < -0.4 is 9.64 Å². The van der Waals surface area contributed by atoms with Crippen LogP contribution in [0.3, 0.4) is 0 Å². The molecule has 1 aromatic heterocycles. The number of hydrogen-bond donors (Lipinski definition) is 0. The van der Waals surface area contributed by atoms with Crippen LogP contribution in [-0.2, 0) is 9.53 Å². The van der Waals surface area contributed by atoms with Gasteiger partial charge in [0.15, 0.2) is 10.8 Å². The Hall–Kier alpha value is -3.19. The molecule has 0 saturated carbocycles. The topological polar surface area (TPSA) is 64.0 Å². The summed E-state index contributed by atoms with van der Waals surface area (Å²) < 4.78 is 10.7. The molecule has 0 N–H and O–H groups in total. The molecule has 2 aromatic carbocycles. The highest BCUT2D eigenvalue weighted by Crippen LogP contribution is 2.33. The zero-order valence-corrected chi connectivity index (χ0v) is 15.9. The molecule has 0 aliphatic carbocycles. The molecule has 0 bridgehead atoms. The Bertz CT molecular complexity index is 1100. The number of carbonyl (C=O) groups excluding carboxylic acids is 1. The zero-order chi connectivity index (χ0) is 19.0. The van der Waals surface area contributed by atoms with Crippen LogP contribution in [0.1, 0.15) is 10.4 Å². The number of esters is 1. The largest absolute Gasteiger partial charge is 0.480 e. The lowest BCUT2D eigenvalue weighted by atomic mass is 10.1. The van der Waals surface area contributed by atoms with E-state index in [1.54, 1.807) is 13.2 Å². The summed E-state index contributed by atoms with van der Waals surface area (Å²) in [6.45, 7) is 0. The number of ether oxygens (including phenoxy) is 2. The first-order valence-electron chi connectivity index (χ1n) is 8.29. The Morgan fingerprint density at radius 1 is 1.15 bits per heavy atom. The number of methoxy groups -OCH3 is 1. The lowest BCUT2D eigenvalue weighted by Crippen LogP contribution is -2.07. The third-order valence-corrected chi connectivity index (χ3v) is 5.22. The molecular weight excluding hydrogens is 362 g/mol. The van der Waals surface area contributed by atoms with E-state index in [-0.39, 0.29) is 5.70 Å². The van der Waals surface area contributed by atoms with Crippen molar-refractivity contribution in [3.63, 3.8) is 0 Å². The smallest absolute Gasteiger partial charge is 0.363 e. The predicted molar refractivity (Wildman–Crippen MR) is 108 cm³/mol. The molecule has 0 spiro atoms. The van der Waals surface area contributed by atoms with E-state index in [0.29, 0.717) is 11.8 Å². The van der Waals surface area contributed by atoms with Crippen LogP contribution in [0, 0.1) is 0 Å². The van der Waals surface area contributed by atoms with Crippen molar-refractivity contribution in [1.29, 1.82) is 0 Å². The molecule has 7 heteroatoms. The average Bonchev–Trinajstić information content (AvgIpc) is 3.25. The number of benzene rings is 2. The van der Waals surface area contributed by atoms with Gasteiger partial charge in [0, 0.05) is 19.7 Å². The highest BCUT2D eigenvalue weighted by atomic mass is 32.1. The van der Waals surface area contributed by atoms with E-state index in [1.165, 1.54) is 11.3 Å². The van der Waals surface area contributed by atoms with E-state index in [4.69, 9.17) is 9.47 Å². The molecular formula is C20H17N3O3S. The maximum absolute atomic E-state index is 12.3. The second kappa shape index (κ2) is 6.85. The number of aromatic nitrogens is 1. The monoisotopic (exact) mass is 379 g/mol. The van der Waals surface area contributed by atoms with Crippen molar-refractivity contribution in [2.24, 2.45) is 4.99 Å². The summed E-state index contributed by atoms with van der Waals surface area (Å²) in [6.07, 6.45) is 1.65. The lowest BCUT2D eigenvalue weighted by Gasteiger charge is -2.04. The molecule has 4 rings (SSSR count). The van der Waals surface area contributed by atoms with Crippen molar-refractivity contribution in [3.8, 4) is 5.88 Å². The summed E-state index contributed by atoms with van der Waals surface area (Å²) in [6, 6.07) is 13.8. The number of aliphatic imine (C=N–C) groups is 1. The van der Waals surface area contributed by atoms with Crippen molar-refractivity contribution >= 4 is 45.2 Å². The molecule has 0 amide bonds. The highest BCUT2D eigenvalue weighted by Gasteiger charge is 2.25. The molecule has 27 heavy (non-hydrogen) atoms. The van der Waals surface area contributed by atoms with Crippen molar-refractivity contribution in [2.75, 3.05) is 26.1 Å². The van der Waals surface area contributed by atoms with Gasteiger partial charge in [-0.15, -0.1) is 0 Å². The highest BCUT2D eigenvalue weighted by molar-refractivity contribution is 7.16. The van der Waals surface area contributed by atoms with Gasteiger partial charge in [-0.2, -0.15) is 4.98 Å². The molecule has 0 fully saturated rings. The fourth-order valence-corrected chi connectivity index (χ4v) is 3.61. The summed E-state index contributed by atoms with van der Waals surface area (Å²) in [5, 5.41) is 2.96. The first-order chi connectivity index (χ1) is 13.0. The summed E-state index contributed by atoms with van der Waals surface area (Å²) in [5.74, 6) is 0.270. The quantitative estimate of drug-likeness (QED) is 0.511. The molecule has 136 valence electrons. The van der Waals surface area contributed by atoms with E-state index in [9.17, 15) is 4.79 Å². The van der Waals surface area contributed by atoms with Gasteiger partial charge < -0.3 is 14.4 Å². The van der Waals surface area contributed by atoms with Crippen LogP contribution in [-0.4, -0.2) is 38.1 Å². The number of fused-ring (bicyclic) bond motifs is 1. The minimum Gasteiger partial charge on any atom is -0.480 e. The lowest BCUT2D eigenvalue weighted by molar-refractivity contribution is -0.129. The van der Waals surface area contributed by atoms with Crippen molar-refractivity contribution in [1.82, 2.24) is 4.98 Å². The van der Waals surface area contributed by atoms with Crippen molar-refractivity contribution in [3.05, 3.63) is 58.6 Å². The van der Waals surface area contributed by atoms with Crippen LogP contribution >= 0.6 is 11.3 Å². The number of rotatable bonds is 4. The number of thiazole rings is 1. The van der Waals surface area contributed by atoms with Gasteiger partial charge in [0.05, 0.1) is 12.0 Å². The Labute approximate surface area is 160 Å². The first-order valence-corrected chi connectivity index (χ1v) is 9.10. The van der Waals surface area contributed by atoms with Gasteiger partial charge in [-0.1, -0.05) is 41.7 Å². The van der Waals surface area contributed by atoms with E-state index in [0.717, 1.165) is 26.3 Å². The normalized spacial score (nSPS) is 15.1. The Morgan fingerprint density at radius 3 is 2.67 bits per heavy atom. The van der Waals surface area contributed by atoms with Crippen LogP contribution in [0.4, 0.5) is 5.13 Å². The number of nitrogens with zero attached hydrogens (tertiary/aromatic N) is 3. The van der Waals surface area contributed by atoms with Gasteiger partial charge >= 0.3 is 5.97 Å². The molecule has 0 saturated heterocycles. The number of anilines is 1. The standard InChI is InChI=1S/C20H17N3O3S/c1-23(2)20-22-18(25-3)16(27-20)11-15-19(24)26-17(21-15)14-9-8-12-6-4-5-7-13(12)10-14/h4-11H,1-3H3/b15-11+. The summed E-state index contributed by atoms with van der Waals surface area (Å²) in [4.78, 5) is 23.7. The third-order valence-electron chi connectivity index (χ3n) is 4.07. The predicted octanol–water partition coefficient (Wildman–Crippen LogP) is 3.72. The second-order valence-electron chi connectivity index (χ2n) is 6.16. The first kappa shape index (κ1) is 17.2. The Kier molecular flexibility index (Phi) is 4.37. The Balaban J connectivity index is 1.71.